The molecule has 1 amide bonds. The minimum atomic E-state index is -1.34. The molecule has 0 aromatic carbocycles. The van der Waals surface area contributed by atoms with Crippen LogP contribution in [0.3, 0.4) is 0 Å². The van der Waals surface area contributed by atoms with E-state index in [1.165, 1.54) is 10.6 Å². The maximum absolute atomic E-state index is 11.8. The lowest BCUT2D eigenvalue weighted by atomic mass is 9.89. The lowest BCUT2D eigenvalue weighted by Gasteiger charge is -2.39. The summed E-state index contributed by atoms with van der Waals surface area (Å²) in [7, 11) is 3.41. The summed E-state index contributed by atoms with van der Waals surface area (Å²) in [6, 6.07) is 0. The molecule has 1 heterocycles. The lowest BCUT2D eigenvalue weighted by Crippen LogP contribution is -2.58. The Morgan fingerprint density at radius 1 is 1.44 bits per heavy atom. The molecule has 5 nitrogen and oxygen atoms in total. The van der Waals surface area contributed by atoms with Crippen LogP contribution in [0.25, 0.3) is 0 Å². The van der Waals surface area contributed by atoms with Crippen LogP contribution in [0.2, 0.25) is 0 Å². The summed E-state index contributed by atoms with van der Waals surface area (Å²) in [6.45, 7) is 7.42. The van der Waals surface area contributed by atoms with Crippen molar-refractivity contribution in [3.8, 4) is 0 Å². The van der Waals surface area contributed by atoms with Gasteiger partial charge >= 0.3 is 6.09 Å². The minimum Gasteiger partial charge on any atom is -0.437 e. The number of ether oxygens (including phenoxy) is 1. The molecule has 104 valence electrons. The first-order valence-electron chi connectivity index (χ1n) is 6.18. The Bertz CT molecular complexity index is 359. The Morgan fingerprint density at radius 3 is 2.39 bits per heavy atom. The van der Waals surface area contributed by atoms with Crippen molar-refractivity contribution in [3.63, 3.8) is 0 Å². The van der Waals surface area contributed by atoms with Gasteiger partial charge in [0.15, 0.2) is 11.3 Å². The zero-order valence-electron chi connectivity index (χ0n) is 12.1. The van der Waals surface area contributed by atoms with E-state index in [4.69, 9.17) is 4.74 Å². The van der Waals surface area contributed by atoms with Crippen molar-refractivity contribution in [1.29, 1.82) is 0 Å². The van der Waals surface area contributed by atoms with Crippen LogP contribution >= 0.6 is 0 Å². The van der Waals surface area contributed by atoms with Crippen molar-refractivity contribution >= 4 is 6.09 Å². The summed E-state index contributed by atoms with van der Waals surface area (Å²) in [5.41, 5.74) is -1.03. The van der Waals surface area contributed by atoms with Gasteiger partial charge in [-0.25, -0.2) is 14.8 Å². The van der Waals surface area contributed by atoms with E-state index in [-0.39, 0.29) is 0 Å². The second kappa shape index (κ2) is 4.90. The molecule has 1 fully saturated rings. The average molecular weight is 256 g/mol. The number of amides is 1. The molecule has 0 aromatic rings. The summed E-state index contributed by atoms with van der Waals surface area (Å²) < 4.78 is 5.39. The molecule has 0 spiro atoms. The highest BCUT2D eigenvalue weighted by molar-refractivity contribution is 5.71. The lowest BCUT2D eigenvalue weighted by molar-refractivity contribution is -0.184. The number of hydrogen-bond acceptors (Lipinski definition) is 4. The van der Waals surface area contributed by atoms with Gasteiger partial charge in [-0.1, -0.05) is 11.6 Å². The smallest absolute Gasteiger partial charge is 0.427 e. The van der Waals surface area contributed by atoms with Gasteiger partial charge in [-0.3, -0.25) is 0 Å². The molecule has 0 bridgehead atoms. The fourth-order valence-electron chi connectivity index (χ4n) is 2.21. The highest BCUT2D eigenvalue weighted by Gasteiger charge is 2.60. The first kappa shape index (κ1) is 15.0. The molecule has 1 rings (SSSR count). The van der Waals surface area contributed by atoms with Crippen LogP contribution in [0.5, 0.6) is 0 Å². The van der Waals surface area contributed by atoms with E-state index in [0.717, 1.165) is 6.42 Å². The summed E-state index contributed by atoms with van der Waals surface area (Å²) in [4.78, 5) is 11.8. The number of hydrazine groups is 1. The van der Waals surface area contributed by atoms with Crippen LogP contribution in [0.1, 0.15) is 40.5 Å². The molecule has 1 saturated heterocycles. The highest BCUT2D eigenvalue weighted by atomic mass is 16.6. The third-order valence-electron chi connectivity index (χ3n) is 3.47. The second-order valence-corrected chi connectivity index (χ2v) is 5.60. The van der Waals surface area contributed by atoms with Crippen molar-refractivity contribution in [3.05, 3.63) is 11.6 Å². The molecular formula is C13H24N2O3. The molecule has 0 radical (unpaired) electrons. The van der Waals surface area contributed by atoms with Crippen LogP contribution in [0.4, 0.5) is 4.79 Å². The van der Waals surface area contributed by atoms with Gasteiger partial charge in [0.1, 0.15) is 0 Å². The Balaban J connectivity index is 2.89. The largest absolute Gasteiger partial charge is 0.437 e. The van der Waals surface area contributed by atoms with E-state index in [2.05, 4.69) is 6.08 Å². The molecule has 1 aliphatic rings. The molecular weight excluding hydrogens is 232 g/mol. The summed E-state index contributed by atoms with van der Waals surface area (Å²) >= 11 is 0. The maximum Gasteiger partial charge on any atom is 0.427 e. The molecule has 1 N–H and O–H groups in total. The summed E-state index contributed by atoms with van der Waals surface area (Å²) in [5.74, 6) is 0. The van der Waals surface area contributed by atoms with E-state index in [0.29, 0.717) is 6.42 Å². The van der Waals surface area contributed by atoms with Gasteiger partial charge < -0.3 is 9.84 Å². The molecule has 5 heteroatoms. The number of hydrogen-bond donors (Lipinski definition) is 1. The van der Waals surface area contributed by atoms with Gasteiger partial charge in [0.05, 0.1) is 0 Å². The third kappa shape index (κ3) is 2.52. The third-order valence-corrected chi connectivity index (χ3v) is 3.47. The maximum atomic E-state index is 11.8. The van der Waals surface area contributed by atoms with Gasteiger partial charge in [0, 0.05) is 14.1 Å². The predicted molar refractivity (Wildman–Crippen MR) is 69.7 cm³/mol. The summed E-state index contributed by atoms with van der Waals surface area (Å²) in [6.07, 6.45) is 2.92. The van der Waals surface area contributed by atoms with E-state index in [1.807, 2.05) is 13.8 Å². The van der Waals surface area contributed by atoms with E-state index >= 15 is 0 Å². The van der Waals surface area contributed by atoms with E-state index < -0.39 is 17.4 Å². The van der Waals surface area contributed by atoms with Crippen molar-refractivity contribution in [2.45, 2.75) is 51.9 Å². The number of cyclic esters (lactones) is 1. The van der Waals surface area contributed by atoms with Crippen LogP contribution in [0.15, 0.2) is 11.6 Å². The zero-order chi connectivity index (χ0) is 14.1. The van der Waals surface area contributed by atoms with Crippen LogP contribution in [-0.2, 0) is 4.74 Å². The number of aliphatic hydroxyl groups is 1. The Hall–Kier alpha value is -1.07. The quantitative estimate of drug-likeness (QED) is 0.783. The van der Waals surface area contributed by atoms with Crippen LogP contribution in [0, 0.1) is 0 Å². The number of carbonyl (C=O) groups is 1. The second-order valence-electron chi connectivity index (χ2n) is 5.60. The van der Waals surface area contributed by atoms with Gasteiger partial charge in [0.2, 0.25) is 0 Å². The fraction of sp³-hybridized carbons (Fsp3) is 0.769. The van der Waals surface area contributed by atoms with Crippen molar-refractivity contribution in [1.82, 2.24) is 10.0 Å². The Kier molecular flexibility index (Phi) is 4.08. The number of rotatable bonds is 4. The van der Waals surface area contributed by atoms with Gasteiger partial charge in [-0.15, -0.1) is 0 Å². The van der Waals surface area contributed by atoms with Gasteiger partial charge in [-0.05, 0) is 40.5 Å². The number of allylic oxidation sites excluding steroid dienone is 2. The summed E-state index contributed by atoms with van der Waals surface area (Å²) in [5, 5.41) is 13.4. The van der Waals surface area contributed by atoms with Gasteiger partial charge in [0.25, 0.3) is 0 Å². The van der Waals surface area contributed by atoms with Crippen LogP contribution < -0.4 is 0 Å². The SMILES string of the molecule is CC(C)=CCC[C@]1(C)OC(=O)N(N(C)C)[C@]1(C)O. The molecule has 1 aliphatic heterocycles. The Morgan fingerprint density at radius 2 is 2.00 bits per heavy atom. The monoisotopic (exact) mass is 256 g/mol. The standard InChI is InChI=1S/C13H24N2O3/c1-10(2)8-7-9-12(3)13(4,17)15(14(5)6)11(16)18-12/h8,17H,7,9H2,1-6H3/t12-,13+/m0/s1. The van der Waals surface area contributed by atoms with Crippen molar-refractivity contribution in [2.75, 3.05) is 14.1 Å². The molecule has 0 saturated carbocycles. The first-order chi connectivity index (χ1) is 8.12. The predicted octanol–water partition coefficient (Wildman–Crippen LogP) is 2.13. The van der Waals surface area contributed by atoms with Crippen molar-refractivity contribution < 1.29 is 14.6 Å². The number of nitrogens with zero attached hydrogens (tertiary/aromatic N) is 2. The minimum absolute atomic E-state index is 0.510. The van der Waals surface area contributed by atoms with E-state index in [1.54, 1.807) is 33.0 Å². The van der Waals surface area contributed by atoms with Crippen LogP contribution in [-0.4, -0.2) is 46.6 Å². The zero-order valence-corrected chi connectivity index (χ0v) is 12.1. The van der Waals surface area contributed by atoms with E-state index in [9.17, 15) is 9.90 Å². The molecule has 0 aromatic heterocycles. The molecule has 0 aliphatic carbocycles. The van der Waals surface area contributed by atoms with Gasteiger partial charge in [-0.2, -0.15) is 0 Å². The number of carbonyl (C=O) groups excluding carboxylic acids is 1. The highest BCUT2D eigenvalue weighted by Crippen LogP contribution is 2.40. The average Bonchev–Trinajstić information content (AvgIpc) is 2.31. The van der Waals surface area contributed by atoms with Crippen molar-refractivity contribution in [2.24, 2.45) is 0 Å². The topological polar surface area (TPSA) is 53.0 Å². The normalized spacial score (nSPS) is 31.8. The Labute approximate surface area is 109 Å². The molecule has 18 heavy (non-hydrogen) atoms. The molecule has 2 atom stereocenters. The molecule has 0 unspecified atom stereocenters. The first-order valence-corrected chi connectivity index (χ1v) is 6.18. The fourth-order valence-corrected chi connectivity index (χ4v) is 2.21.